The van der Waals surface area contributed by atoms with Crippen LogP contribution in [0.15, 0.2) is 59.6 Å². The molecule has 3 rings (SSSR count). The summed E-state index contributed by atoms with van der Waals surface area (Å²) in [5, 5.41) is 3.45. The monoisotopic (exact) mass is 273 g/mol. The van der Waals surface area contributed by atoms with Gasteiger partial charge in [0.2, 0.25) is 0 Å². The molecule has 0 radical (unpaired) electrons. The van der Waals surface area contributed by atoms with Gasteiger partial charge in [0.05, 0.1) is 0 Å². The molecule has 19 heavy (non-hydrogen) atoms. The van der Waals surface area contributed by atoms with Crippen molar-refractivity contribution in [3.05, 3.63) is 65.7 Å². The second kappa shape index (κ2) is 4.94. The molecule has 1 unspecified atom stereocenters. The number of aliphatic imine (C=N–C) groups is 1. The van der Waals surface area contributed by atoms with Crippen LogP contribution >= 0.6 is 12.4 Å². The Morgan fingerprint density at radius 3 is 2.37 bits per heavy atom. The van der Waals surface area contributed by atoms with Crippen molar-refractivity contribution in [3.63, 3.8) is 0 Å². The third kappa shape index (κ3) is 2.29. The molecule has 2 aromatic rings. The van der Waals surface area contributed by atoms with Gasteiger partial charge in [0.15, 0.2) is 5.66 Å². The Morgan fingerprint density at radius 1 is 1.00 bits per heavy atom. The first kappa shape index (κ1) is 13.4. The topological polar surface area (TPSA) is 50.4 Å². The quantitative estimate of drug-likeness (QED) is 0.839. The second-order valence-electron chi connectivity index (χ2n) is 4.61. The lowest BCUT2D eigenvalue weighted by Gasteiger charge is -2.33. The SMILES string of the molecule is CC1(c2ccccc2)N=C(N)c2ccccc2N1.Cl. The lowest BCUT2D eigenvalue weighted by molar-refractivity contribution is 0.571. The number of anilines is 1. The molecule has 1 aliphatic heterocycles. The van der Waals surface area contributed by atoms with E-state index >= 15 is 0 Å². The molecule has 0 bridgehead atoms. The Bertz CT molecular complexity index is 610. The molecule has 0 saturated carbocycles. The summed E-state index contributed by atoms with van der Waals surface area (Å²) >= 11 is 0. The first-order valence-electron chi connectivity index (χ1n) is 5.97. The number of halogens is 1. The van der Waals surface area contributed by atoms with Crippen molar-refractivity contribution < 1.29 is 0 Å². The zero-order valence-electron chi connectivity index (χ0n) is 10.6. The van der Waals surface area contributed by atoms with Crippen molar-refractivity contribution in [1.82, 2.24) is 0 Å². The zero-order valence-corrected chi connectivity index (χ0v) is 11.4. The van der Waals surface area contributed by atoms with Crippen LogP contribution < -0.4 is 11.1 Å². The van der Waals surface area contributed by atoms with Gasteiger partial charge in [-0.05, 0) is 24.6 Å². The smallest absolute Gasteiger partial charge is 0.155 e. The molecule has 0 amide bonds. The van der Waals surface area contributed by atoms with Crippen LogP contribution in [0.4, 0.5) is 5.69 Å². The van der Waals surface area contributed by atoms with Crippen molar-refractivity contribution >= 4 is 23.9 Å². The number of rotatable bonds is 1. The van der Waals surface area contributed by atoms with E-state index in [0.717, 1.165) is 16.8 Å². The van der Waals surface area contributed by atoms with Gasteiger partial charge in [-0.15, -0.1) is 12.4 Å². The summed E-state index contributed by atoms with van der Waals surface area (Å²) in [7, 11) is 0. The molecule has 1 heterocycles. The Labute approximate surface area is 119 Å². The molecule has 0 aliphatic carbocycles. The Hall–Kier alpha value is -2.00. The number of nitrogens with zero attached hydrogens (tertiary/aromatic N) is 1. The van der Waals surface area contributed by atoms with Crippen LogP contribution in [0.5, 0.6) is 0 Å². The van der Waals surface area contributed by atoms with E-state index in [1.807, 2.05) is 49.4 Å². The maximum atomic E-state index is 6.07. The highest BCUT2D eigenvalue weighted by atomic mass is 35.5. The van der Waals surface area contributed by atoms with Crippen LogP contribution in [0.3, 0.4) is 0 Å². The first-order chi connectivity index (χ1) is 8.69. The van der Waals surface area contributed by atoms with E-state index in [2.05, 4.69) is 22.4 Å². The van der Waals surface area contributed by atoms with E-state index in [9.17, 15) is 0 Å². The standard InChI is InChI=1S/C15H15N3.ClH/c1-15(11-7-3-2-4-8-11)17-13-10-6-5-9-12(13)14(16)18-15;/h2-10,17H,1H3,(H2,16,18);1H. The van der Waals surface area contributed by atoms with Gasteiger partial charge < -0.3 is 11.1 Å². The maximum Gasteiger partial charge on any atom is 0.155 e. The lowest BCUT2D eigenvalue weighted by Crippen LogP contribution is -2.37. The molecule has 0 aromatic heterocycles. The lowest BCUT2D eigenvalue weighted by atomic mass is 9.98. The number of nitrogens with two attached hydrogens (primary N) is 1. The summed E-state index contributed by atoms with van der Waals surface area (Å²) in [4.78, 5) is 4.61. The second-order valence-corrected chi connectivity index (χ2v) is 4.61. The first-order valence-corrected chi connectivity index (χ1v) is 5.97. The molecule has 1 aliphatic rings. The number of hydrogen-bond donors (Lipinski definition) is 2. The molecule has 4 heteroatoms. The van der Waals surface area contributed by atoms with Crippen molar-refractivity contribution in [1.29, 1.82) is 0 Å². The van der Waals surface area contributed by atoms with E-state index < -0.39 is 5.66 Å². The van der Waals surface area contributed by atoms with Gasteiger partial charge >= 0.3 is 0 Å². The number of fused-ring (bicyclic) bond motifs is 1. The van der Waals surface area contributed by atoms with Crippen molar-refractivity contribution in [2.75, 3.05) is 5.32 Å². The number of para-hydroxylation sites is 1. The van der Waals surface area contributed by atoms with E-state index in [1.54, 1.807) is 0 Å². The molecule has 98 valence electrons. The highest BCUT2D eigenvalue weighted by molar-refractivity contribution is 6.04. The van der Waals surface area contributed by atoms with Crippen LogP contribution in [-0.4, -0.2) is 5.84 Å². The van der Waals surface area contributed by atoms with Crippen molar-refractivity contribution in [2.24, 2.45) is 10.7 Å². The normalized spacial score (nSPS) is 20.6. The van der Waals surface area contributed by atoms with Gasteiger partial charge in [0.25, 0.3) is 0 Å². The zero-order chi connectivity index (χ0) is 12.6. The molecule has 2 aromatic carbocycles. The minimum atomic E-state index is -0.500. The summed E-state index contributed by atoms with van der Waals surface area (Å²) in [6.07, 6.45) is 0. The van der Waals surface area contributed by atoms with Gasteiger partial charge in [-0.2, -0.15) is 0 Å². The summed E-state index contributed by atoms with van der Waals surface area (Å²) < 4.78 is 0. The number of nitrogens with one attached hydrogen (secondary N) is 1. The Morgan fingerprint density at radius 2 is 1.63 bits per heavy atom. The molecule has 0 saturated heterocycles. The molecular weight excluding hydrogens is 258 g/mol. The van der Waals surface area contributed by atoms with E-state index in [1.165, 1.54) is 0 Å². The Kier molecular flexibility index (Phi) is 3.49. The van der Waals surface area contributed by atoms with Crippen LogP contribution in [0.2, 0.25) is 0 Å². The molecule has 0 fully saturated rings. The highest BCUT2D eigenvalue weighted by Crippen LogP contribution is 2.33. The third-order valence-corrected chi connectivity index (χ3v) is 3.26. The van der Waals surface area contributed by atoms with Crippen molar-refractivity contribution in [3.8, 4) is 0 Å². The highest BCUT2D eigenvalue weighted by Gasteiger charge is 2.30. The summed E-state index contributed by atoms with van der Waals surface area (Å²) in [5.41, 5.74) is 8.66. The average molecular weight is 274 g/mol. The van der Waals surface area contributed by atoms with E-state index in [-0.39, 0.29) is 12.4 Å². The fourth-order valence-corrected chi connectivity index (χ4v) is 2.31. The molecule has 1 atom stereocenters. The van der Waals surface area contributed by atoms with Gasteiger partial charge in [-0.1, -0.05) is 42.5 Å². The Balaban J connectivity index is 0.00000133. The fourth-order valence-electron chi connectivity index (χ4n) is 2.31. The summed E-state index contributed by atoms with van der Waals surface area (Å²) in [6, 6.07) is 18.1. The largest absolute Gasteiger partial charge is 0.383 e. The predicted octanol–water partition coefficient (Wildman–Crippen LogP) is 3.11. The summed E-state index contributed by atoms with van der Waals surface area (Å²) in [6.45, 7) is 2.03. The number of hydrogen-bond acceptors (Lipinski definition) is 3. The van der Waals surface area contributed by atoms with E-state index in [0.29, 0.717) is 5.84 Å². The maximum absolute atomic E-state index is 6.07. The van der Waals surface area contributed by atoms with Gasteiger partial charge in [0.1, 0.15) is 5.84 Å². The predicted molar refractivity (Wildman–Crippen MR) is 81.8 cm³/mol. The van der Waals surface area contributed by atoms with Gasteiger partial charge in [-0.25, -0.2) is 4.99 Å². The fraction of sp³-hybridized carbons (Fsp3) is 0.133. The number of amidine groups is 1. The van der Waals surface area contributed by atoms with Gasteiger partial charge in [-0.3, -0.25) is 0 Å². The van der Waals surface area contributed by atoms with E-state index in [4.69, 9.17) is 5.73 Å². The minimum Gasteiger partial charge on any atom is -0.383 e. The van der Waals surface area contributed by atoms with Crippen LogP contribution in [0, 0.1) is 0 Å². The molecule has 3 nitrogen and oxygen atoms in total. The van der Waals surface area contributed by atoms with Crippen LogP contribution in [-0.2, 0) is 5.66 Å². The van der Waals surface area contributed by atoms with Crippen LogP contribution in [0.1, 0.15) is 18.1 Å². The molecular formula is C15H16ClN3. The third-order valence-electron chi connectivity index (χ3n) is 3.26. The average Bonchev–Trinajstić information content (AvgIpc) is 2.40. The van der Waals surface area contributed by atoms with Crippen molar-refractivity contribution in [2.45, 2.75) is 12.6 Å². The summed E-state index contributed by atoms with van der Waals surface area (Å²) in [5.74, 6) is 0.579. The van der Waals surface area contributed by atoms with Gasteiger partial charge in [0, 0.05) is 11.3 Å². The minimum absolute atomic E-state index is 0. The molecule has 3 N–H and O–H groups in total. The number of benzene rings is 2. The van der Waals surface area contributed by atoms with Crippen LogP contribution in [0.25, 0.3) is 0 Å². The molecule has 0 spiro atoms.